The molecule has 0 unspecified atom stereocenters. The Hall–Kier alpha value is -0.870. The van der Waals surface area contributed by atoms with Crippen LogP contribution >= 0.6 is 15.9 Å². The van der Waals surface area contributed by atoms with Crippen molar-refractivity contribution in [2.75, 3.05) is 0 Å². The lowest BCUT2D eigenvalue weighted by molar-refractivity contribution is -0.145. The van der Waals surface area contributed by atoms with Gasteiger partial charge < -0.3 is 10.2 Å². The zero-order valence-corrected chi connectivity index (χ0v) is 9.23. The highest BCUT2D eigenvalue weighted by Gasteiger charge is 2.22. The second-order valence-electron chi connectivity index (χ2n) is 3.13. The van der Waals surface area contributed by atoms with E-state index in [0.29, 0.717) is 5.56 Å². The Morgan fingerprint density at radius 1 is 1.50 bits per heavy atom. The number of aliphatic hydroxyl groups excluding tert-OH is 1. The summed E-state index contributed by atoms with van der Waals surface area (Å²) in [7, 11) is 0. The Kier molecular flexibility index (Phi) is 3.66. The molecule has 76 valence electrons. The van der Waals surface area contributed by atoms with E-state index >= 15 is 0 Å². The van der Waals surface area contributed by atoms with Gasteiger partial charge in [-0.1, -0.05) is 28.1 Å². The Labute approximate surface area is 90.5 Å². The molecule has 0 spiro atoms. The van der Waals surface area contributed by atoms with Crippen molar-refractivity contribution in [3.63, 3.8) is 0 Å². The Morgan fingerprint density at radius 2 is 2.14 bits per heavy atom. The third-order valence-corrected chi connectivity index (χ3v) is 2.55. The van der Waals surface area contributed by atoms with E-state index < -0.39 is 18.0 Å². The van der Waals surface area contributed by atoms with Crippen LogP contribution in [0.5, 0.6) is 0 Å². The van der Waals surface area contributed by atoms with Gasteiger partial charge in [0, 0.05) is 4.47 Å². The topological polar surface area (TPSA) is 57.5 Å². The lowest BCUT2D eigenvalue weighted by atomic mass is 9.98. The van der Waals surface area contributed by atoms with Gasteiger partial charge in [0.15, 0.2) is 0 Å². The molecule has 0 bridgehead atoms. The molecule has 0 heterocycles. The van der Waals surface area contributed by atoms with Crippen LogP contribution in [-0.4, -0.2) is 16.2 Å². The van der Waals surface area contributed by atoms with Gasteiger partial charge in [0.05, 0.1) is 12.0 Å². The summed E-state index contributed by atoms with van der Waals surface area (Å²) in [5, 5.41) is 18.4. The monoisotopic (exact) mass is 258 g/mol. The molecule has 4 heteroatoms. The van der Waals surface area contributed by atoms with Crippen LogP contribution < -0.4 is 0 Å². The van der Waals surface area contributed by atoms with E-state index in [0.717, 1.165) is 4.47 Å². The largest absolute Gasteiger partial charge is 0.481 e. The third kappa shape index (κ3) is 2.56. The number of hydrogen-bond donors (Lipinski definition) is 2. The highest BCUT2D eigenvalue weighted by atomic mass is 79.9. The van der Waals surface area contributed by atoms with E-state index in [4.69, 9.17) is 5.11 Å². The Morgan fingerprint density at radius 3 is 2.64 bits per heavy atom. The minimum Gasteiger partial charge on any atom is -0.481 e. The number of carboxylic acid groups (broad SMARTS) is 1. The van der Waals surface area contributed by atoms with Crippen LogP contribution in [0.25, 0.3) is 0 Å². The predicted molar refractivity (Wildman–Crippen MR) is 55.9 cm³/mol. The number of rotatable bonds is 3. The molecular weight excluding hydrogens is 248 g/mol. The van der Waals surface area contributed by atoms with Crippen molar-refractivity contribution in [2.45, 2.75) is 13.0 Å². The van der Waals surface area contributed by atoms with Gasteiger partial charge in [0.2, 0.25) is 0 Å². The summed E-state index contributed by atoms with van der Waals surface area (Å²) in [5.41, 5.74) is 0.606. The normalized spacial score (nSPS) is 14.8. The van der Waals surface area contributed by atoms with Crippen molar-refractivity contribution in [2.24, 2.45) is 5.92 Å². The van der Waals surface area contributed by atoms with Gasteiger partial charge in [-0.15, -0.1) is 0 Å². The van der Waals surface area contributed by atoms with Crippen molar-refractivity contribution in [3.8, 4) is 0 Å². The average molecular weight is 259 g/mol. The molecular formula is C10H11BrO3. The first-order chi connectivity index (χ1) is 6.52. The summed E-state index contributed by atoms with van der Waals surface area (Å²) in [6.45, 7) is 1.48. The second-order valence-corrected chi connectivity index (χ2v) is 4.04. The minimum absolute atomic E-state index is 0.606. The summed E-state index contributed by atoms with van der Waals surface area (Å²) in [5.74, 6) is -1.80. The van der Waals surface area contributed by atoms with Crippen molar-refractivity contribution in [3.05, 3.63) is 34.3 Å². The number of aliphatic hydroxyl groups is 1. The molecule has 0 amide bonds. The molecule has 1 aromatic carbocycles. The standard InChI is InChI=1S/C10H11BrO3/c1-6(10(13)14)9(12)7-3-2-4-8(11)5-7/h2-6,9,12H,1H3,(H,13,14)/t6-,9-/m1/s1. The lowest BCUT2D eigenvalue weighted by Gasteiger charge is -2.15. The van der Waals surface area contributed by atoms with Crippen LogP contribution in [0.1, 0.15) is 18.6 Å². The molecule has 0 aliphatic carbocycles. The molecule has 0 aliphatic rings. The van der Waals surface area contributed by atoms with Gasteiger partial charge in [0.25, 0.3) is 0 Å². The summed E-state index contributed by atoms with van der Waals surface area (Å²) in [6.07, 6.45) is -0.968. The zero-order valence-electron chi connectivity index (χ0n) is 7.64. The first-order valence-corrected chi connectivity index (χ1v) is 4.98. The molecule has 2 atom stereocenters. The van der Waals surface area contributed by atoms with Gasteiger partial charge >= 0.3 is 5.97 Å². The number of carbonyl (C=O) groups is 1. The van der Waals surface area contributed by atoms with Gasteiger partial charge in [0.1, 0.15) is 0 Å². The van der Waals surface area contributed by atoms with Gasteiger partial charge in [-0.2, -0.15) is 0 Å². The number of hydrogen-bond acceptors (Lipinski definition) is 2. The molecule has 2 N–H and O–H groups in total. The van der Waals surface area contributed by atoms with Crippen molar-refractivity contribution < 1.29 is 15.0 Å². The number of aliphatic carboxylic acids is 1. The molecule has 0 saturated heterocycles. The zero-order chi connectivity index (χ0) is 10.7. The van der Waals surface area contributed by atoms with Crippen LogP contribution in [0.15, 0.2) is 28.7 Å². The summed E-state index contributed by atoms with van der Waals surface area (Å²) in [6, 6.07) is 7.00. The summed E-state index contributed by atoms with van der Waals surface area (Å²) < 4.78 is 0.826. The molecule has 0 radical (unpaired) electrons. The molecule has 14 heavy (non-hydrogen) atoms. The highest BCUT2D eigenvalue weighted by Crippen LogP contribution is 2.24. The predicted octanol–water partition coefficient (Wildman–Crippen LogP) is 2.20. The fourth-order valence-electron chi connectivity index (χ4n) is 1.11. The van der Waals surface area contributed by atoms with Crippen LogP contribution in [0.3, 0.4) is 0 Å². The van der Waals surface area contributed by atoms with E-state index in [-0.39, 0.29) is 0 Å². The lowest BCUT2D eigenvalue weighted by Crippen LogP contribution is -2.18. The number of carboxylic acids is 1. The molecule has 1 rings (SSSR count). The molecule has 3 nitrogen and oxygen atoms in total. The van der Waals surface area contributed by atoms with Gasteiger partial charge in [-0.05, 0) is 24.6 Å². The average Bonchev–Trinajstić information content (AvgIpc) is 2.15. The molecule has 0 saturated carbocycles. The van der Waals surface area contributed by atoms with Crippen LogP contribution in [0, 0.1) is 5.92 Å². The maximum absolute atomic E-state index is 10.6. The van der Waals surface area contributed by atoms with Crippen molar-refractivity contribution in [1.29, 1.82) is 0 Å². The molecule has 0 aliphatic heterocycles. The third-order valence-electron chi connectivity index (χ3n) is 2.05. The maximum Gasteiger partial charge on any atom is 0.309 e. The molecule has 1 aromatic rings. The molecule has 0 aromatic heterocycles. The van der Waals surface area contributed by atoms with Crippen molar-refractivity contribution in [1.82, 2.24) is 0 Å². The van der Waals surface area contributed by atoms with Gasteiger partial charge in [-0.25, -0.2) is 0 Å². The van der Waals surface area contributed by atoms with E-state index in [1.54, 1.807) is 18.2 Å². The van der Waals surface area contributed by atoms with Crippen LogP contribution in [0.2, 0.25) is 0 Å². The van der Waals surface area contributed by atoms with Crippen molar-refractivity contribution >= 4 is 21.9 Å². The molecule has 0 fully saturated rings. The summed E-state index contributed by atoms with van der Waals surface area (Å²) >= 11 is 3.26. The van der Waals surface area contributed by atoms with Gasteiger partial charge in [-0.3, -0.25) is 4.79 Å². The van der Waals surface area contributed by atoms with E-state index in [2.05, 4.69) is 15.9 Å². The first kappa shape index (κ1) is 11.2. The highest BCUT2D eigenvalue weighted by molar-refractivity contribution is 9.10. The smallest absolute Gasteiger partial charge is 0.309 e. The number of benzene rings is 1. The summed E-state index contributed by atoms with van der Waals surface area (Å²) in [4.78, 5) is 10.6. The minimum atomic E-state index is -1.00. The van der Waals surface area contributed by atoms with E-state index in [1.807, 2.05) is 6.07 Å². The Balaban J connectivity index is 2.89. The van der Waals surface area contributed by atoms with E-state index in [1.165, 1.54) is 6.92 Å². The van der Waals surface area contributed by atoms with Crippen LogP contribution in [0.4, 0.5) is 0 Å². The fourth-order valence-corrected chi connectivity index (χ4v) is 1.53. The first-order valence-electron chi connectivity index (χ1n) is 4.18. The van der Waals surface area contributed by atoms with E-state index in [9.17, 15) is 9.90 Å². The van der Waals surface area contributed by atoms with Crippen LogP contribution in [-0.2, 0) is 4.79 Å². The SMILES string of the molecule is C[C@@H](C(=O)O)[C@@H](O)c1cccc(Br)c1. The Bertz CT molecular complexity index is 338. The maximum atomic E-state index is 10.6. The fraction of sp³-hybridized carbons (Fsp3) is 0.300. The quantitative estimate of drug-likeness (QED) is 0.874. The number of halogens is 1. The second kappa shape index (κ2) is 4.57.